The molecular weight excluding hydrogens is 448 g/mol. The Morgan fingerprint density at radius 1 is 0.889 bits per heavy atom. The highest BCUT2D eigenvalue weighted by atomic mass is 16.7. The first-order valence-electron chi connectivity index (χ1n) is 14.4. The Balaban J connectivity index is 1.20. The van der Waals surface area contributed by atoms with Gasteiger partial charge in [-0.2, -0.15) is 0 Å². The van der Waals surface area contributed by atoms with Crippen molar-refractivity contribution < 1.29 is 19.3 Å². The summed E-state index contributed by atoms with van der Waals surface area (Å²) in [4.78, 5) is 0. The summed E-state index contributed by atoms with van der Waals surface area (Å²) >= 11 is 0. The number of rotatable bonds is 2. The number of ether oxygens (including phenoxy) is 3. The minimum Gasteiger partial charge on any atom is -0.495 e. The average molecular weight is 493 g/mol. The fourth-order valence-electron chi connectivity index (χ4n) is 9.88. The molecule has 5 aliphatic rings. The molecule has 1 aromatic carbocycles. The van der Waals surface area contributed by atoms with Crippen LogP contribution in [0.5, 0.6) is 5.75 Å². The number of aliphatic hydroxyl groups is 1. The van der Waals surface area contributed by atoms with Gasteiger partial charge in [-0.05, 0) is 111 Å². The van der Waals surface area contributed by atoms with E-state index >= 15 is 0 Å². The van der Waals surface area contributed by atoms with Crippen LogP contribution in [0.4, 0.5) is 0 Å². The molecule has 0 radical (unpaired) electrons. The Hall–Kier alpha value is -1.54. The number of hydrogen-bond acceptors (Lipinski definition) is 4. The predicted molar refractivity (Wildman–Crippen MR) is 140 cm³/mol. The zero-order valence-corrected chi connectivity index (χ0v) is 22.6. The van der Waals surface area contributed by atoms with E-state index in [1.54, 1.807) is 7.11 Å². The molecule has 1 N–H and O–H groups in total. The third-order valence-electron chi connectivity index (χ3n) is 11.8. The van der Waals surface area contributed by atoms with Crippen LogP contribution in [0.15, 0.2) is 24.3 Å². The fraction of sp³-hybridized carbons (Fsp3) is 0.750. The molecule has 4 nitrogen and oxygen atoms in total. The molecule has 0 unspecified atom stereocenters. The van der Waals surface area contributed by atoms with Gasteiger partial charge in [-0.25, -0.2) is 0 Å². The third-order valence-corrected chi connectivity index (χ3v) is 11.8. The van der Waals surface area contributed by atoms with E-state index in [-0.39, 0.29) is 0 Å². The van der Waals surface area contributed by atoms with Crippen LogP contribution in [0.25, 0.3) is 0 Å². The van der Waals surface area contributed by atoms with E-state index < -0.39 is 11.4 Å². The van der Waals surface area contributed by atoms with Crippen molar-refractivity contribution in [1.29, 1.82) is 0 Å². The molecule has 4 saturated carbocycles. The normalized spacial score (nSPS) is 45.1. The van der Waals surface area contributed by atoms with Crippen molar-refractivity contribution in [3.8, 4) is 17.6 Å². The Morgan fingerprint density at radius 2 is 1.64 bits per heavy atom. The largest absolute Gasteiger partial charge is 0.495 e. The van der Waals surface area contributed by atoms with Gasteiger partial charge in [0.25, 0.3) is 0 Å². The van der Waals surface area contributed by atoms with Gasteiger partial charge in [0.2, 0.25) is 0 Å². The maximum atomic E-state index is 11.6. The summed E-state index contributed by atoms with van der Waals surface area (Å²) in [6, 6.07) is 7.84. The third kappa shape index (κ3) is 3.76. The average Bonchev–Trinajstić information content (AvgIpc) is 3.47. The molecule has 1 aromatic rings. The van der Waals surface area contributed by atoms with Crippen molar-refractivity contribution in [1.82, 2.24) is 0 Å². The van der Waals surface area contributed by atoms with Gasteiger partial charge in [-0.1, -0.05) is 37.8 Å². The van der Waals surface area contributed by atoms with Gasteiger partial charge in [0, 0.05) is 5.92 Å². The summed E-state index contributed by atoms with van der Waals surface area (Å²) in [6.07, 6.45) is 10.3. The van der Waals surface area contributed by atoms with Crippen LogP contribution >= 0.6 is 0 Å². The Bertz CT molecular complexity index is 1050. The summed E-state index contributed by atoms with van der Waals surface area (Å²) < 4.78 is 17.9. The van der Waals surface area contributed by atoms with Gasteiger partial charge in [0.1, 0.15) is 11.4 Å². The van der Waals surface area contributed by atoms with Crippen molar-refractivity contribution in [2.75, 3.05) is 20.3 Å². The minimum atomic E-state index is -0.898. The van der Waals surface area contributed by atoms with Gasteiger partial charge >= 0.3 is 0 Å². The fourth-order valence-corrected chi connectivity index (χ4v) is 9.88. The summed E-state index contributed by atoms with van der Waals surface area (Å²) in [5.41, 5.74) is 0.589. The number of para-hydroxylation sites is 1. The minimum absolute atomic E-state index is 0.310. The quantitative estimate of drug-likeness (QED) is 0.500. The van der Waals surface area contributed by atoms with Crippen LogP contribution < -0.4 is 4.74 Å². The maximum Gasteiger partial charge on any atom is 0.169 e. The van der Waals surface area contributed by atoms with Crippen molar-refractivity contribution in [2.45, 2.75) is 89.9 Å². The molecule has 1 heterocycles. The lowest BCUT2D eigenvalue weighted by molar-refractivity contribution is -0.219. The molecular formula is C32H44O4. The molecule has 0 aromatic heterocycles. The van der Waals surface area contributed by atoms with Crippen LogP contribution in [0.3, 0.4) is 0 Å². The first kappa shape index (κ1) is 24.8. The first-order valence-corrected chi connectivity index (χ1v) is 14.4. The van der Waals surface area contributed by atoms with Gasteiger partial charge < -0.3 is 19.3 Å². The molecule has 5 fully saturated rings. The van der Waals surface area contributed by atoms with Crippen molar-refractivity contribution >= 4 is 0 Å². The molecule has 0 spiro atoms. The highest BCUT2D eigenvalue weighted by Crippen LogP contribution is 2.69. The van der Waals surface area contributed by atoms with Crippen molar-refractivity contribution in [3.05, 3.63) is 29.8 Å². The summed E-state index contributed by atoms with van der Waals surface area (Å²) in [5, 5.41) is 11.6. The molecule has 4 aliphatic carbocycles. The molecule has 196 valence electrons. The second-order valence-corrected chi connectivity index (χ2v) is 13.2. The zero-order valence-electron chi connectivity index (χ0n) is 22.6. The lowest BCUT2D eigenvalue weighted by Gasteiger charge is -2.62. The highest BCUT2D eigenvalue weighted by molar-refractivity contribution is 5.47. The lowest BCUT2D eigenvalue weighted by Crippen LogP contribution is -2.57. The van der Waals surface area contributed by atoms with Crippen LogP contribution in [0.2, 0.25) is 0 Å². The van der Waals surface area contributed by atoms with E-state index in [2.05, 4.69) is 32.6 Å². The summed E-state index contributed by atoms with van der Waals surface area (Å²) in [6.45, 7) is 8.80. The van der Waals surface area contributed by atoms with Gasteiger partial charge in [0.05, 0.1) is 25.9 Å². The smallest absolute Gasteiger partial charge is 0.169 e. The standard InChI is InChI=1S/C32H44O4/c1-29-17-18-32(33,16-13-22-7-5-6-8-27(22)34-4)21-23(29)9-10-24-25-11-12-28(31(3)35-19-20-36-31)30(25,2)15-14-26(24)29/h5-8,23-26,28,33H,9-12,14-15,17-21H2,1-4H3/t23-,24+,25+,26+,28+,29+,30+,32-/m1/s1. The monoisotopic (exact) mass is 492 g/mol. The number of hydrogen-bond donors (Lipinski definition) is 1. The van der Waals surface area contributed by atoms with Crippen molar-refractivity contribution in [2.24, 2.45) is 40.4 Å². The Kier molecular flexibility index (Phi) is 6.03. The van der Waals surface area contributed by atoms with E-state index in [1.165, 1.54) is 38.5 Å². The predicted octanol–water partition coefficient (Wildman–Crippen LogP) is 6.20. The molecule has 0 bridgehead atoms. The van der Waals surface area contributed by atoms with E-state index in [4.69, 9.17) is 14.2 Å². The van der Waals surface area contributed by atoms with E-state index in [1.807, 2.05) is 24.3 Å². The second-order valence-electron chi connectivity index (χ2n) is 13.2. The molecule has 1 aliphatic heterocycles. The topological polar surface area (TPSA) is 47.9 Å². The highest BCUT2D eigenvalue weighted by Gasteiger charge is 2.64. The van der Waals surface area contributed by atoms with Crippen LogP contribution in [0.1, 0.15) is 84.1 Å². The molecule has 1 saturated heterocycles. The summed E-state index contributed by atoms with van der Waals surface area (Å²) in [5.74, 6) is 10.3. The lowest BCUT2D eigenvalue weighted by atomic mass is 9.43. The number of fused-ring (bicyclic) bond motifs is 5. The van der Waals surface area contributed by atoms with E-state index in [0.717, 1.165) is 61.5 Å². The Morgan fingerprint density at radius 3 is 2.42 bits per heavy atom. The molecule has 8 atom stereocenters. The summed E-state index contributed by atoms with van der Waals surface area (Å²) in [7, 11) is 1.68. The second kappa shape index (κ2) is 8.75. The number of methoxy groups -OCH3 is 1. The zero-order chi connectivity index (χ0) is 25.2. The van der Waals surface area contributed by atoms with E-state index in [0.29, 0.717) is 22.7 Å². The van der Waals surface area contributed by atoms with E-state index in [9.17, 15) is 5.11 Å². The van der Waals surface area contributed by atoms with Crippen LogP contribution in [0, 0.1) is 52.3 Å². The molecule has 6 rings (SSSR count). The molecule has 0 amide bonds. The van der Waals surface area contributed by atoms with Gasteiger partial charge in [0.15, 0.2) is 5.79 Å². The van der Waals surface area contributed by atoms with Gasteiger partial charge in [-0.3, -0.25) is 0 Å². The van der Waals surface area contributed by atoms with Crippen LogP contribution in [-0.4, -0.2) is 36.8 Å². The Labute approximate surface area is 217 Å². The SMILES string of the molecule is COc1ccccc1C#C[C@@]1(O)CC[C@@]2(C)[C@H](CC[C@@H]3[C@@H]2CC[C@]2(C)[C@@H](C4(C)OCCO4)CC[C@@H]32)C1. The van der Waals surface area contributed by atoms with Crippen LogP contribution in [-0.2, 0) is 9.47 Å². The molecule has 36 heavy (non-hydrogen) atoms. The first-order chi connectivity index (χ1) is 17.2. The van der Waals surface area contributed by atoms with Gasteiger partial charge in [-0.15, -0.1) is 0 Å². The number of benzene rings is 1. The molecule has 4 heteroatoms. The van der Waals surface area contributed by atoms with Crippen molar-refractivity contribution in [3.63, 3.8) is 0 Å². The maximum absolute atomic E-state index is 11.6.